The SMILES string of the molecule is C[C@](S)(CS)CCc1ccn[nH]1. The molecule has 1 aromatic rings. The van der Waals surface area contributed by atoms with Gasteiger partial charge in [-0.2, -0.15) is 30.4 Å². The quantitative estimate of drug-likeness (QED) is 0.640. The molecule has 0 bridgehead atoms. The summed E-state index contributed by atoms with van der Waals surface area (Å²) >= 11 is 8.72. The lowest BCUT2D eigenvalue weighted by molar-refractivity contribution is 0.646. The molecule has 0 saturated heterocycles. The van der Waals surface area contributed by atoms with Crippen LogP contribution in [0.15, 0.2) is 12.3 Å². The monoisotopic (exact) mass is 202 g/mol. The second kappa shape index (κ2) is 4.23. The van der Waals surface area contributed by atoms with E-state index in [1.165, 1.54) is 0 Å². The average Bonchev–Trinajstić information content (AvgIpc) is 2.53. The molecule has 68 valence electrons. The highest BCUT2D eigenvalue weighted by Crippen LogP contribution is 2.21. The summed E-state index contributed by atoms with van der Waals surface area (Å²) in [6.45, 7) is 2.10. The van der Waals surface area contributed by atoms with Gasteiger partial charge in [-0.05, 0) is 25.8 Å². The number of aryl methyl sites for hydroxylation is 1. The van der Waals surface area contributed by atoms with Gasteiger partial charge in [0.05, 0.1) is 0 Å². The third-order valence-corrected chi connectivity index (χ3v) is 3.16. The first-order chi connectivity index (χ1) is 5.64. The maximum atomic E-state index is 4.49. The topological polar surface area (TPSA) is 28.7 Å². The fourth-order valence-electron chi connectivity index (χ4n) is 0.907. The van der Waals surface area contributed by atoms with Crippen LogP contribution in [0.3, 0.4) is 0 Å². The van der Waals surface area contributed by atoms with Crippen molar-refractivity contribution in [2.45, 2.75) is 24.5 Å². The zero-order valence-corrected chi connectivity index (χ0v) is 8.91. The van der Waals surface area contributed by atoms with E-state index in [2.05, 4.69) is 42.4 Å². The zero-order valence-electron chi connectivity index (χ0n) is 7.12. The molecule has 1 aromatic heterocycles. The number of hydrogen-bond donors (Lipinski definition) is 3. The molecule has 0 aliphatic heterocycles. The third-order valence-electron chi connectivity index (χ3n) is 1.83. The van der Waals surface area contributed by atoms with Gasteiger partial charge in [-0.3, -0.25) is 5.10 Å². The number of nitrogens with zero attached hydrogens (tertiary/aromatic N) is 1. The molecule has 0 unspecified atom stereocenters. The molecular formula is C8H14N2S2. The summed E-state index contributed by atoms with van der Waals surface area (Å²) in [6, 6.07) is 1.99. The van der Waals surface area contributed by atoms with Crippen LogP contribution in [0.5, 0.6) is 0 Å². The van der Waals surface area contributed by atoms with E-state index in [0.29, 0.717) is 0 Å². The summed E-state index contributed by atoms with van der Waals surface area (Å²) in [7, 11) is 0. The molecule has 0 fully saturated rings. The Morgan fingerprint density at radius 2 is 2.42 bits per heavy atom. The first-order valence-corrected chi connectivity index (χ1v) is 5.03. The molecule has 0 saturated carbocycles. The van der Waals surface area contributed by atoms with Crippen LogP contribution < -0.4 is 0 Å². The fraction of sp³-hybridized carbons (Fsp3) is 0.625. The van der Waals surface area contributed by atoms with Crippen LogP contribution in [-0.2, 0) is 6.42 Å². The Kier molecular flexibility index (Phi) is 3.53. The van der Waals surface area contributed by atoms with Crippen molar-refractivity contribution < 1.29 is 0 Å². The lowest BCUT2D eigenvalue weighted by atomic mass is 10.1. The predicted octanol–water partition coefficient (Wildman–Crippen LogP) is 1.96. The molecule has 4 heteroatoms. The minimum atomic E-state index is 0.0220. The summed E-state index contributed by atoms with van der Waals surface area (Å²) in [5, 5.41) is 6.80. The minimum Gasteiger partial charge on any atom is -0.283 e. The molecule has 0 amide bonds. The summed E-state index contributed by atoms with van der Waals surface area (Å²) < 4.78 is 0.0220. The van der Waals surface area contributed by atoms with Crippen molar-refractivity contribution in [2.24, 2.45) is 0 Å². The van der Waals surface area contributed by atoms with Crippen molar-refractivity contribution in [1.82, 2.24) is 10.2 Å². The summed E-state index contributed by atoms with van der Waals surface area (Å²) in [4.78, 5) is 0. The Morgan fingerprint density at radius 3 is 2.92 bits per heavy atom. The van der Waals surface area contributed by atoms with Crippen LogP contribution in [0, 0.1) is 0 Å². The zero-order chi connectivity index (χ0) is 9.03. The second-order valence-corrected chi connectivity index (χ2v) is 4.63. The molecule has 1 heterocycles. The van der Waals surface area contributed by atoms with Gasteiger partial charge in [0.15, 0.2) is 0 Å². The van der Waals surface area contributed by atoms with Crippen LogP contribution >= 0.6 is 25.3 Å². The van der Waals surface area contributed by atoms with Gasteiger partial charge in [0.1, 0.15) is 0 Å². The largest absolute Gasteiger partial charge is 0.283 e. The Hall–Kier alpha value is -0.0900. The molecule has 1 rings (SSSR count). The maximum absolute atomic E-state index is 4.49. The van der Waals surface area contributed by atoms with Crippen molar-refractivity contribution in [3.8, 4) is 0 Å². The fourth-order valence-corrected chi connectivity index (χ4v) is 1.18. The van der Waals surface area contributed by atoms with E-state index in [9.17, 15) is 0 Å². The number of aromatic amines is 1. The number of H-pyrrole nitrogens is 1. The normalized spacial score (nSPS) is 15.9. The summed E-state index contributed by atoms with van der Waals surface area (Å²) in [6.07, 6.45) is 3.77. The molecule has 2 nitrogen and oxygen atoms in total. The summed E-state index contributed by atoms with van der Waals surface area (Å²) in [5.41, 5.74) is 1.16. The molecule has 12 heavy (non-hydrogen) atoms. The number of aromatic nitrogens is 2. The highest BCUT2D eigenvalue weighted by Gasteiger charge is 2.16. The molecule has 0 aromatic carbocycles. The summed E-state index contributed by atoms with van der Waals surface area (Å²) in [5.74, 6) is 0.796. The van der Waals surface area contributed by atoms with Gasteiger partial charge in [-0.1, -0.05) is 0 Å². The molecule has 0 aliphatic rings. The van der Waals surface area contributed by atoms with Gasteiger partial charge in [0.2, 0.25) is 0 Å². The van der Waals surface area contributed by atoms with Gasteiger partial charge >= 0.3 is 0 Å². The lowest BCUT2D eigenvalue weighted by Gasteiger charge is -2.19. The van der Waals surface area contributed by atoms with Crippen molar-refractivity contribution in [1.29, 1.82) is 0 Å². The number of rotatable bonds is 4. The molecule has 1 atom stereocenters. The third kappa shape index (κ3) is 3.11. The average molecular weight is 202 g/mol. The van der Waals surface area contributed by atoms with Crippen molar-refractivity contribution >= 4 is 25.3 Å². The lowest BCUT2D eigenvalue weighted by Crippen LogP contribution is -2.19. The number of thiol groups is 2. The van der Waals surface area contributed by atoms with E-state index in [-0.39, 0.29) is 4.75 Å². The molecule has 0 spiro atoms. The van der Waals surface area contributed by atoms with E-state index in [4.69, 9.17) is 0 Å². The van der Waals surface area contributed by atoms with E-state index in [1.54, 1.807) is 6.20 Å². The molecule has 0 radical (unpaired) electrons. The van der Waals surface area contributed by atoms with E-state index < -0.39 is 0 Å². The van der Waals surface area contributed by atoms with Gasteiger partial charge in [0, 0.05) is 22.4 Å². The van der Waals surface area contributed by atoms with Crippen molar-refractivity contribution in [3.05, 3.63) is 18.0 Å². The highest BCUT2D eigenvalue weighted by molar-refractivity contribution is 7.85. The predicted molar refractivity (Wildman–Crippen MR) is 58.2 cm³/mol. The van der Waals surface area contributed by atoms with E-state index in [0.717, 1.165) is 24.3 Å². The molecule has 1 N–H and O–H groups in total. The Balaban J connectivity index is 2.36. The van der Waals surface area contributed by atoms with Crippen molar-refractivity contribution in [3.63, 3.8) is 0 Å². The van der Waals surface area contributed by atoms with Gasteiger partial charge in [0.25, 0.3) is 0 Å². The van der Waals surface area contributed by atoms with E-state index >= 15 is 0 Å². The highest BCUT2D eigenvalue weighted by atomic mass is 32.1. The first-order valence-electron chi connectivity index (χ1n) is 3.95. The minimum absolute atomic E-state index is 0.0220. The second-order valence-electron chi connectivity index (χ2n) is 3.24. The first kappa shape index (κ1) is 9.99. The maximum Gasteiger partial charge on any atom is 0.0490 e. The Morgan fingerprint density at radius 1 is 1.67 bits per heavy atom. The Labute approximate surface area is 84.0 Å². The van der Waals surface area contributed by atoms with Crippen molar-refractivity contribution in [2.75, 3.05) is 5.75 Å². The van der Waals surface area contributed by atoms with Crippen LogP contribution in [0.25, 0.3) is 0 Å². The van der Waals surface area contributed by atoms with Gasteiger partial charge < -0.3 is 0 Å². The Bertz CT molecular complexity index is 219. The number of hydrogen-bond acceptors (Lipinski definition) is 3. The van der Waals surface area contributed by atoms with Gasteiger partial charge in [-0.25, -0.2) is 0 Å². The van der Waals surface area contributed by atoms with Gasteiger partial charge in [-0.15, -0.1) is 0 Å². The smallest absolute Gasteiger partial charge is 0.0490 e. The van der Waals surface area contributed by atoms with Crippen LogP contribution in [0.2, 0.25) is 0 Å². The standard InChI is InChI=1S/C8H14N2S2/c1-8(12,6-11)4-2-7-3-5-9-10-7/h3,5,11-12H,2,4,6H2,1H3,(H,9,10)/t8-/m1/s1. The van der Waals surface area contributed by atoms with Crippen LogP contribution in [-0.4, -0.2) is 20.7 Å². The van der Waals surface area contributed by atoms with Crippen LogP contribution in [0.4, 0.5) is 0 Å². The molecular weight excluding hydrogens is 188 g/mol. The number of nitrogens with one attached hydrogen (secondary N) is 1. The molecule has 0 aliphatic carbocycles. The van der Waals surface area contributed by atoms with E-state index in [1.807, 2.05) is 6.07 Å². The van der Waals surface area contributed by atoms with Crippen LogP contribution in [0.1, 0.15) is 19.0 Å².